The van der Waals surface area contributed by atoms with Gasteiger partial charge in [-0.3, -0.25) is 0 Å². The molecule has 3 aliphatic rings. The van der Waals surface area contributed by atoms with Crippen LogP contribution in [-0.2, 0) is 22.4 Å². The van der Waals surface area contributed by atoms with Gasteiger partial charge in [0.25, 0.3) is 0 Å². The summed E-state index contributed by atoms with van der Waals surface area (Å²) >= 11 is 0. The van der Waals surface area contributed by atoms with Crippen LogP contribution in [0, 0.1) is 16.7 Å². The quantitative estimate of drug-likeness (QED) is 0.788. The van der Waals surface area contributed by atoms with E-state index < -0.39 is 0 Å². The molecule has 1 aromatic carbocycles. The lowest BCUT2D eigenvalue weighted by atomic mass is 9.83. The molecule has 30 heavy (non-hydrogen) atoms. The number of benzene rings is 1. The van der Waals surface area contributed by atoms with Crippen molar-refractivity contribution in [3.05, 3.63) is 53.2 Å². The number of nitriles is 1. The Hall–Kier alpha value is -2.66. The molecule has 0 atom stereocenters. The smallest absolute Gasteiger partial charge is 0.159 e. The number of ether oxygens (including phenoxy) is 3. The van der Waals surface area contributed by atoms with Gasteiger partial charge in [-0.1, -0.05) is 12.1 Å². The van der Waals surface area contributed by atoms with Gasteiger partial charge in [0, 0.05) is 50.6 Å². The fraction of sp³-hybridized carbons (Fsp3) is 0.478. The lowest BCUT2D eigenvalue weighted by Crippen LogP contribution is -2.61. The highest BCUT2D eigenvalue weighted by Gasteiger charge is 2.42. The molecule has 156 valence electrons. The molecule has 0 unspecified atom stereocenters. The molecule has 2 saturated heterocycles. The van der Waals surface area contributed by atoms with Gasteiger partial charge >= 0.3 is 0 Å². The zero-order valence-electron chi connectivity index (χ0n) is 17.0. The van der Waals surface area contributed by atoms with E-state index in [2.05, 4.69) is 33.4 Å². The lowest BCUT2D eigenvalue weighted by molar-refractivity contribution is -0.239. The number of rotatable bonds is 6. The second kappa shape index (κ2) is 8.23. The van der Waals surface area contributed by atoms with E-state index in [4.69, 9.17) is 14.2 Å². The number of hydrogen-bond acceptors (Lipinski definition) is 7. The summed E-state index contributed by atoms with van der Waals surface area (Å²) in [5, 5.41) is 12.9. The third kappa shape index (κ3) is 3.86. The van der Waals surface area contributed by atoms with E-state index in [0.717, 1.165) is 51.5 Å². The van der Waals surface area contributed by atoms with E-state index in [0.29, 0.717) is 24.5 Å². The van der Waals surface area contributed by atoms with Crippen molar-refractivity contribution in [1.82, 2.24) is 10.3 Å². The molecule has 0 amide bonds. The third-order valence-electron chi connectivity index (χ3n) is 6.12. The molecule has 0 aliphatic carbocycles. The Morgan fingerprint density at radius 1 is 1.23 bits per heavy atom. The number of fused-ring (bicyclic) bond motifs is 1. The first-order chi connectivity index (χ1) is 14.7. The Bertz CT molecular complexity index is 944. The topological polar surface area (TPSA) is 79.6 Å². The monoisotopic (exact) mass is 406 g/mol. The predicted octanol–water partition coefficient (Wildman–Crippen LogP) is 2.25. The lowest BCUT2D eigenvalue weighted by Gasteiger charge is -2.46. The Morgan fingerprint density at radius 2 is 2.10 bits per heavy atom. The normalized spacial score (nSPS) is 19.6. The maximum Gasteiger partial charge on any atom is 0.159 e. The molecule has 0 saturated carbocycles. The second-order valence-electron chi connectivity index (χ2n) is 8.39. The van der Waals surface area contributed by atoms with E-state index in [1.165, 1.54) is 11.1 Å². The van der Waals surface area contributed by atoms with Gasteiger partial charge in [-0.05, 0) is 29.3 Å². The largest absolute Gasteiger partial charge is 0.493 e. The first-order valence-electron chi connectivity index (χ1n) is 10.5. The van der Waals surface area contributed by atoms with E-state index in [1.54, 1.807) is 12.3 Å². The highest BCUT2D eigenvalue weighted by Crippen LogP contribution is 2.30. The molecule has 3 aliphatic heterocycles. The molecule has 2 fully saturated rings. The van der Waals surface area contributed by atoms with E-state index in [1.807, 2.05) is 12.1 Å². The first kappa shape index (κ1) is 19.3. The van der Waals surface area contributed by atoms with E-state index in [9.17, 15) is 5.26 Å². The van der Waals surface area contributed by atoms with Crippen molar-refractivity contribution in [3.63, 3.8) is 0 Å². The summed E-state index contributed by atoms with van der Waals surface area (Å²) < 4.78 is 17.6. The van der Waals surface area contributed by atoms with Crippen LogP contribution in [0.25, 0.3) is 0 Å². The number of hydrogen-bond donors (Lipinski definition) is 1. The summed E-state index contributed by atoms with van der Waals surface area (Å²) in [6.45, 7) is 5.51. The summed E-state index contributed by atoms with van der Waals surface area (Å²) in [4.78, 5) is 6.67. The average Bonchev–Trinajstić information content (AvgIpc) is 3.24. The average molecular weight is 406 g/mol. The summed E-state index contributed by atoms with van der Waals surface area (Å²) in [5.74, 6) is 1.68. The SMILES string of the molecule is N#Cc1cccnc1N(CCC1OCC2(CNC2)CO1)Cc1ccc2c(c1)CCO2. The van der Waals surface area contributed by atoms with Crippen LogP contribution >= 0.6 is 0 Å². The molecule has 1 aromatic heterocycles. The molecule has 1 spiro atoms. The Labute approximate surface area is 176 Å². The molecule has 7 heteroatoms. The van der Waals surface area contributed by atoms with Crippen molar-refractivity contribution in [2.45, 2.75) is 25.7 Å². The maximum atomic E-state index is 9.58. The van der Waals surface area contributed by atoms with Crippen molar-refractivity contribution in [2.24, 2.45) is 5.41 Å². The van der Waals surface area contributed by atoms with Gasteiger partial charge in [-0.25, -0.2) is 4.98 Å². The van der Waals surface area contributed by atoms with Crippen LogP contribution in [0.5, 0.6) is 5.75 Å². The summed E-state index contributed by atoms with van der Waals surface area (Å²) in [6.07, 6.45) is 3.18. The van der Waals surface area contributed by atoms with Crippen LogP contribution in [0.3, 0.4) is 0 Å². The predicted molar refractivity (Wildman–Crippen MR) is 111 cm³/mol. The third-order valence-corrected chi connectivity index (χ3v) is 6.12. The minimum absolute atomic E-state index is 0.164. The molecule has 1 N–H and O–H groups in total. The van der Waals surface area contributed by atoms with Crippen LogP contribution in [0.2, 0.25) is 0 Å². The van der Waals surface area contributed by atoms with Gasteiger partial charge in [-0.2, -0.15) is 5.26 Å². The summed E-state index contributed by atoms with van der Waals surface area (Å²) in [6, 6.07) is 12.2. The van der Waals surface area contributed by atoms with Crippen molar-refractivity contribution < 1.29 is 14.2 Å². The molecular formula is C23H26N4O3. The van der Waals surface area contributed by atoms with Crippen molar-refractivity contribution >= 4 is 5.82 Å². The van der Waals surface area contributed by atoms with E-state index >= 15 is 0 Å². The highest BCUT2D eigenvalue weighted by atomic mass is 16.7. The molecule has 7 nitrogen and oxygen atoms in total. The van der Waals surface area contributed by atoms with E-state index in [-0.39, 0.29) is 11.7 Å². The molecule has 0 bridgehead atoms. The van der Waals surface area contributed by atoms with Gasteiger partial charge in [0.2, 0.25) is 0 Å². The Balaban J connectivity index is 1.30. The molecule has 2 aromatic rings. The van der Waals surface area contributed by atoms with Gasteiger partial charge in [-0.15, -0.1) is 0 Å². The first-order valence-corrected chi connectivity index (χ1v) is 10.5. The summed E-state index contributed by atoms with van der Waals surface area (Å²) in [5.41, 5.74) is 3.16. The molecular weight excluding hydrogens is 380 g/mol. The van der Waals surface area contributed by atoms with Crippen LogP contribution in [0.4, 0.5) is 5.82 Å². The maximum absolute atomic E-state index is 9.58. The standard InChI is InChI=1S/C23H26N4O3/c24-11-19-2-1-7-26-22(19)27(12-17-3-4-20-18(10-17)6-9-28-20)8-5-21-29-15-23(16-30-21)13-25-14-23/h1-4,7,10,21,25H,5-6,8-9,12-16H2. The number of aromatic nitrogens is 1. The summed E-state index contributed by atoms with van der Waals surface area (Å²) in [7, 11) is 0. The van der Waals surface area contributed by atoms with Gasteiger partial charge < -0.3 is 24.4 Å². The number of nitrogens with one attached hydrogen (secondary N) is 1. The second-order valence-corrected chi connectivity index (χ2v) is 8.39. The Morgan fingerprint density at radius 3 is 2.87 bits per heavy atom. The van der Waals surface area contributed by atoms with Crippen molar-refractivity contribution in [1.29, 1.82) is 5.26 Å². The number of anilines is 1. The minimum Gasteiger partial charge on any atom is -0.493 e. The molecule has 4 heterocycles. The van der Waals surface area contributed by atoms with Crippen molar-refractivity contribution in [3.8, 4) is 11.8 Å². The van der Waals surface area contributed by atoms with Gasteiger partial charge in [0.15, 0.2) is 6.29 Å². The number of pyridine rings is 1. The van der Waals surface area contributed by atoms with Crippen LogP contribution < -0.4 is 15.0 Å². The van der Waals surface area contributed by atoms with Crippen molar-refractivity contribution in [2.75, 3.05) is 44.4 Å². The number of nitrogens with zero attached hydrogens (tertiary/aromatic N) is 3. The molecule has 5 rings (SSSR count). The van der Waals surface area contributed by atoms with Crippen LogP contribution in [0.15, 0.2) is 36.5 Å². The van der Waals surface area contributed by atoms with Crippen LogP contribution in [0.1, 0.15) is 23.1 Å². The minimum atomic E-state index is -0.221. The Kier molecular flexibility index (Phi) is 5.30. The zero-order valence-corrected chi connectivity index (χ0v) is 17.0. The molecule has 0 radical (unpaired) electrons. The highest BCUT2D eigenvalue weighted by molar-refractivity contribution is 5.54. The zero-order chi connectivity index (χ0) is 20.4. The van der Waals surface area contributed by atoms with Gasteiger partial charge in [0.05, 0.1) is 25.4 Å². The van der Waals surface area contributed by atoms with Crippen LogP contribution in [-0.4, -0.2) is 50.7 Å². The van der Waals surface area contributed by atoms with Gasteiger partial charge in [0.1, 0.15) is 17.6 Å². The fourth-order valence-corrected chi connectivity index (χ4v) is 4.29. The fourth-order valence-electron chi connectivity index (χ4n) is 4.29.